The summed E-state index contributed by atoms with van der Waals surface area (Å²) < 4.78 is 0. The van der Waals surface area contributed by atoms with Crippen LogP contribution in [-0.2, 0) is 9.59 Å². The Kier molecular flexibility index (Phi) is 7.28. The number of amides is 1. The van der Waals surface area contributed by atoms with Crippen LogP contribution in [0, 0.1) is 49.7 Å². The molecule has 6 nitrogen and oxygen atoms in total. The summed E-state index contributed by atoms with van der Waals surface area (Å²) in [5.74, 6) is 0.0318. The van der Waals surface area contributed by atoms with Gasteiger partial charge in [-0.1, -0.05) is 61.0 Å². The molecule has 2 saturated carbocycles. The Morgan fingerprint density at radius 1 is 1.00 bits per heavy atom. The van der Waals surface area contributed by atoms with Crippen molar-refractivity contribution in [3.8, 4) is 6.07 Å². The third-order valence-corrected chi connectivity index (χ3v) is 12.8. The standard InChI is InChI=1S/C34H52N2O4/c1-10-36-27(39)30(6)15-13-28(2,3)14-18-34(40)25(37)19-24-31(7)20-22(21-35)26(38)29(4,5)23(31)11-12-32(24,8)33(34,9)17-16-30/h19,23,38,40H,10-18,20H2,1-9H3,(H,36,39)/t23-,30-,31-,32+,33-,34+/m0/s1. The van der Waals surface area contributed by atoms with Gasteiger partial charge in [0.1, 0.15) is 11.4 Å². The van der Waals surface area contributed by atoms with Gasteiger partial charge in [0.15, 0.2) is 5.78 Å². The molecule has 40 heavy (non-hydrogen) atoms. The molecule has 1 amide bonds. The summed E-state index contributed by atoms with van der Waals surface area (Å²) >= 11 is 0. The van der Waals surface area contributed by atoms with Gasteiger partial charge in [0, 0.05) is 22.8 Å². The summed E-state index contributed by atoms with van der Waals surface area (Å²) in [7, 11) is 0. The Hall–Kier alpha value is -2.13. The lowest BCUT2D eigenvalue weighted by Crippen LogP contribution is -2.67. The van der Waals surface area contributed by atoms with Crippen LogP contribution in [0.1, 0.15) is 120 Å². The molecule has 3 N–H and O–H groups in total. The molecule has 6 heteroatoms. The SMILES string of the molecule is CCNC(=O)[C@@]1(C)CCC(C)(C)CC[C@@]2(O)C(=O)C=C3[C@@]4(C)CC(C#N)=C(O)C(C)(C)[C@@H]4CC[C@@]3(C)[C@]2(C)CC1. The van der Waals surface area contributed by atoms with Gasteiger partial charge in [0.05, 0.1) is 11.6 Å². The van der Waals surface area contributed by atoms with E-state index in [9.17, 15) is 25.1 Å². The van der Waals surface area contributed by atoms with Crippen molar-refractivity contribution in [2.45, 2.75) is 126 Å². The number of allylic oxidation sites excluding steroid dienone is 3. The van der Waals surface area contributed by atoms with E-state index >= 15 is 0 Å². The Labute approximate surface area is 241 Å². The van der Waals surface area contributed by atoms with Crippen LogP contribution in [0.15, 0.2) is 23.0 Å². The van der Waals surface area contributed by atoms with Crippen molar-refractivity contribution in [2.75, 3.05) is 6.54 Å². The van der Waals surface area contributed by atoms with Crippen LogP contribution in [0.3, 0.4) is 0 Å². The second-order valence-electron chi connectivity index (χ2n) is 15.9. The molecule has 0 unspecified atom stereocenters. The quantitative estimate of drug-likeness (QED) is 0.343. The lowest BCUT2D eigenvalue weighted by Gasteiger charge is -2.67. The van der Waals surface area contributed by atoms with Gasteiger partial charge in [0.25, 0.3) is 0 Å². The second kappa shape index (κ2) is 9.45. The highest BCUT2D eigenvalue weighted by atomic mass is 16.3. The molecule has 0 heterocycles. The molecule has 0 spiro atoms. The summed E-state index contributed by atoms with van der Waals surface area (Å²) in [4.78, 5) is 27.8. The minimum atomic E-state index is -1.55. The lowest BCUT2D eigenvalue weighted by molar-refractivity contribution is -0.186. The first-order chi connectivity index (χ1) is 18.3. The maximum absolute atomic E-state index is 14.3. The summed E-state index contributed by atoms with van der Waals surface area (Å²) in [5.41, 5.74) is -3.32. The zero-order valence-electron chi connectivity index (χ0n) is 26.4. The molecule has 4 aliphatic rings. The van der Waals surface area contributed by atoms with Crippen molar-refractivity contribution < 1.29 is 19.8 Å². The molecular formula is C34H52N2O4. The van der Waals surface area contributed by atoms with Gasteiger partial charge in [-0.3, -0.25) is 9.59 Å². The molecule has 0 radical (unpaired) electrons. The minimum absolute atomic E-state index is 0.0468. The molecule has 4 aliphatic carbocycles. The van der Waals surface area contributed by atoms with Crippen molar-refractivity contribution in [3.05, 3.63) is 23.0 Å². The predicted octanol–water partition coefficient (Wildman–Crippen LogP) is 6.94. The van der Waals surface area contributed by atoms with E-state index in [4.69, 9.17) is 0 Å². The summed E-state index contributed by atoms with van der Waals surface area (Å²) in [6.45, 7) is 19.4. The topological polar surface area (TPSA) is 110 Å². The van der Waals surface area contributed by atoms with E-state index in [1.807, 2.05) is 20.8 Å². The number of rotatable bonds is 2. The lowest BCUT2D eigenvalue weighted by atomic mass is 9.37. The number of carbonyl (C=O) groups is 2. The number of nitrogens with one attached hydrogen (secondary N) is 1. The highest BCUT2D eigenvalue weighted by Gasteiger charge is 2.70. The van der Waals surface area contributed by atoms with Crippen LogP contribution in [0.4, 0.5) is 0 Å². The molecule has 0 saturated heterocycles. The molecule has 0 aromatic rings. The monoisotopic (exact) mass is 552 g/mol. The number of fused-ring (bicyclic) bond motifs is 5. The maximum Gasteiger partial charge on any atom is 0.225 e. The van der Waals surface area contributed by atoms with Gasteiger partial charge in [-0.05, 0) is 93.0 Å². The third kappa shape index (κ3) is 4.12. The van der Waals surface area contributed by atoms with Crippen LogP contribution in [0.2, 0.25) is 0 Å². The third-order valence-electron chi connectivity index (χ3n) is 12.8. The van der Waals surface area contributed by atoms with Gasteiger partial charge < -0.3 is 15.5 Å². The minimum Gasteiger partial charge on any atom is -0.511 e. The first-order valence-electron chi connectivity index (χ1n) is 15.4. The van der Waals surface area contributed by atoms with E-state index in [0.717, 1.165) is 31.3 Å². The molecule has 0 aromatic heterocycles. The smallest absolute Gasteiger partial charge is 0.225 e. The Morgan fingerprint density at radius 3 is 2.20 bits per heavy atom. The number of carbonyl (C=O) groups excluding carboxylic acids is 2. The fraction of sp³-hybridized carbons (Fsp3) is 0.794. The number of nitriles is 1. The molecule has 4 rings (SSSR count). The number of hydrogen-bond donors (Lipinski definition) is 3. The van der Waals surface area contributed by atoms with Crippen LogP contribution >= 0.6 is 0 Å². The van der Waals surface area contributed by atoms with Crippen molar-refractivity contribution >= 4 is 11.7 Å². The molecule has 0 aliphatic heterocycles. The highest BCUT2D eigenvalue weighted by Crippen LogP contribution is 2.72. The predicted molar refractivity (Wildman–Crippen MR) is 157 cm³/mol. The molecule has 222 valence electrons. The molecular weight excluding hydrogens is 500 g/mol. The summed E-state index contributed by atoms with van der Waals surface area (Å²) in [5, 5.41) is 36.7. The fourth-order valence-electron chi connectivity index (χ4n) is 9.45. The van der Waals surface area contributed by atoms with Crippen LogP contribution in [0.5, 0.6) is 0 Å². The van der Waals surface area contributed by atoms with Gasteiger partial charge in [0.2, 0.25) is 5.91 Å². The first-order valence-corrected chi connectivity index (χ1v) is 15.4. The van der Waals surface area contributed by atoms with Gasteiger partial charge >= 0.3 is 0 Å². The van der Waals surface area contributed by atoms with E-state index < -0.39 is 32.7 Å². The van der Waals surface area contributed by atoms with E-state index in [-0.39, 0.29) is 28.8 Å². The molecule has 2 fully saturated rings. The van der Waals surface area contributed by atoms with E-state index in [1.165, 1.54) is 0 Å². The maximum atomic E-state index is 14.3. The normalized spacial score (nSPS) is 42.9. The largest absolute Gasteiger partial charge is 0.511 e. The number of aliphatic hydroxyl groups is 2. The van der Waals surface area contributed by atoms with E-state index in [2.05, 4.69) is 52.9 Å². The second-order valence-corrected chi connectivity index (χ2v) is 15.9. The zero-order chi connectivity index (χ0) is 30.2. The summed E-state index contributed by atoms with van der Waals surface area (Å²) in [6.07, 6.45) is 7.54. The molecule has 0 aromatic carbocycles. The van der Waals surface area contributed by atoms with Crippen molar-refractivity contribution in [3.63, 3.8) is 0 Å². The number of nitrogens with zero attached hydrogens (tertiary/aromatic N) is 1. The Balaban J connectivity index is 1.91. The first kappa shape index (κ1) is 30.8. The van der Waals surface area contributed by atoms with Crippen LogP contribution in [-0.4, -0.2) is 34.0 Å². The van der Waals surface area contributed by atoms with Gasteiger partial charge in [-0.15, -0.1) is 0 Å². The van der Waals surface area contributed by atoms with Crippen LogP contribution in [0.25, 0.3) is 0 Å². The molecule has 0 bridgehead atoms. The van der Waals surface area contributed by atoms with E-state index in [0.29, 0.717) is 44.2 Å². The Bertz CT molecular complexity index is 1210. The van der Waals surface area contributed by atoms with Gasteiger partial charge in [-0.25, -0.2) is 0 Å². The number of aliphatic hydroxyl groups excluding tert-OH is 1. The van der Waals surface area contributed by atoms with Gasteiger partial charge in [-0.2, -0.15) is 5.26 Å². The van der Waals surface area contributed by atoms with Crippen molar-refractivity contribution in [1.29, 1.82) is 5.26 Å². The molecule has 6 atom stereocenters. The van der Waals surface area contributed by atoms with Crippen molar-refractivity contribution in [2.24, 2.45) is 38.4 Å². The van der Waals surface area contributed by atoms with Crippen molar-refractivity contribution in [1.82, 2.24) is 5.32 Å². The number of hydrogen-bond acceptors (Lipinski definition) is 5. The van der Waals surface area contributed by atoms with Crippen LogP contribution < -0.4 is 5.32 Å². The summed E-state index contributed by atoms with van der Waals surface area (Å²) in [6, 6.07) is 2.26. The highest BCUT2D eigenvalue weighted by molar-refractivity contribution is 6.00. The average Bonchev–Trinajstić information content (AvgIpc) is 2.88. The van der Waals surface area contributed by atoms with E-state index in [1.54, 1.807) is 6.08 Å². The fourth-order valence-corrected chi connectivity index (χ4v) is 9.45. The average molecular weight is 553 g/mol. The zero-order valence-corrected chi connectivity index (χ0v) is 26.4. The number of ketones is 1. The Morgan fingerprint density at radius 2 is 1.60 bits per heavy atom.